The third-order valence-electron chi connectivity index (χ3n) is 4.77. The average Bonchev–Trinajstić information content (AvgIpc) is 2.53. The predicted molar refractivity (Wildman–Crippen MR) is 87.9 cm³/mol. The van der Waals surface area contributed by atoms with Crippen LogP contribution < -0.4 is 5.48 Å². The van der Waals surface area contributed by atoms with Crippen LogP contribution in [0.25, 0.3) is 0 Å². The summed E-state index contributed by atoms with van der Waals surface area (Å²) in [6.07, 6.45) is 3.02. The first kappa shape index (κ1) is 17.9. The zero-order valence-corrected chi connectivity index (χ0v) is 14.4. The van der Waals surface area contributed by atoms with Crippen molar-refractivity contribution in [1.82, 2.24) is 10.4 Å². The first-order chi connectivity index (χ1) is 10.9. The molecule has 1 heterocycles. The van der Waals surface area contributed by atoms with Crippen LogP contribution in [0.1, 0.15) is 62.0 Å². The number of halogens is 1. The fourth-order valence-corrected chi connectivity index (χ4v) is 3.65. The van der Waals surface area contributed by atoms with Crippen molar-refractivity contribution in [3.63, 3.8) is 0 Å². The number of nitrogens with one attached hydrogen (secondary N) is 1. The van der Waals surface area contributed by atoms with Gasteiger partial charge in [0.2, 0.25) is 0 Å². The van der Waals surface area contributed by atoms with Crippen LogP contribution >= 0.6 is 0 Å². The molecule has 0 radical (unpaired) electrons. The second-order valence-corrected chi connectivity index (χ2v) is 6.98. The Balaban J connectivity index is 0.000000924. The van der Waals surface area contributed by atoms with Gasteiger partial charge < -0.3 is 0 Å². The molecule has 1 aliphatic carbocycles. The van der Waals surface area contributed by atoms with E-state index >= 15 is 0 Å². The maximum absolute atomic E-state index is 14.1. The molecule has 1 aromatic rings. The van der Waals surface area contributed by atoms with Crippen LogP contribution in [0.3, 0.4) is 0 Å². The highest BCUT2D eigenvalue weighted by Gasteiger charge is 2.40. The Morgan fingerprint density at radius 3 is 2.57 bits per heavy atom. The molecule has 0 spiro atoms. The topological polar surface area (TPSA) is 52.6 Å². The van der Waals surface area contributed by atoms with Crippen LogP contribution in [0.4, 0.5) is 4.39 Å². The van der Waals surface area contributed by atoms with Gasteiger partial charge in [0.25, 0.3) is 5.91 Å². The van der Waals surface area contributed by atoms with Crippen molar-refractivity contribution in [1.29, 1.82) is 0 Å². The molecular formula is C18H27FN2O2. The van der Waals surface area contributed by atoms with Crippen LogP contribution in [-0.2, 0) is 13.0 Å². The van der Waals surface area contributed by atoms with Gasteiger partial charge in [-0.1, -0.05) is 27.7 Å². The minimum atomic E-state index is -0.668. The Labute approximate surface area is 137 Å². The maximum Gasteiger partial charge on any atom is 0.274 e. The number of rotatable bonds is 2. The van der Waals surface area contributed by atoms with Gasteiger partial charge in [-0.2, -0.15) is 0 Å². The van der Waals surface area contributed by atoms with Crippen LogP contribution in [0.5, 0.6) is 0 Å². The number of carbonyl (C=O) groups is 1. The predicted octanol–water partition coefficient (Wildman–Crippen LogP) is 3.52. The van der Waals surface area contributed by atoms with Crippen LogP contribution in [-0.4, -0.2) is 28.6 Å². The summed E-state index contributed by atoms with van der Waals surface area (Å²) in [6.45, 7) is 10.1. The van der Waals surface area contributed by atoms with Crippen molar-refractivity contribution in [2.75, 3.05) is 6.54 Å². The molecule has 1 aromatic carbocycles. The van der Waals surface area contributed by atoms with Crippen molar-refractivity contribution in [3.8, 4) is 0 Å². The van der Waals surface area contributed by atoms with Crippen molar-refractivity contribution in [2.24, 2.45) is 5.41 Å². The first-order valence-corrected chi connectivity index (χ1v) is 8.39. The lowest BCUT2D eigenvalue weighted by Gasteiger charge is -2.49. The zero-order valence-electron chi connectivity index (χ0n) is 14.4. The van der Waals surface area contributed by atoms with Gasteiger partial charge in [0.1, 0.15) is 5.82 Å². The van der Waals surface area contributed by atoms with E-state index < -0.39 is 5.91 Å². The monoisotopic (exact) mass is 322 g/mol. The molecule has 1 amide bonds. The van der Waals surface area contributed by atoms with E-state index in [4.69, 9.17) is 5.21 Å². The van der Waals surface area contributed by atoms with E-state index in [2.05, 4.69) is 18.7 Å². The molecule has 128 valence electrons. The SMILES string of the molecule is CC.CC1(C)CC(N2CCc3c(F)cc(C(=O)NO)cc3C2)C1. The molecule has 3 rings (SSSR count). The van der Waals surface area contributed by atoms with Crippen LogP contribution in [0, 0.1) is 11.2 Å². The molecule has 0 atom stereocenters. The fraction of sp³-hybridized carbons (Fsp3) is 0.611. The number of nitrogens with zero attached hydrogens (tertiary/aromatic N) is 1. The number of carbonyl (C=O) groups excluding carboxylic acids is 1. The number of hydroxylamine groups is 1. The van der Waals surface area contributed by atoms with E-state index in [0.717, 1.165) is 12.1 Å². The number of benzene rings is 1. The Morgan fingerprint density at radius 2 is 2.00 bits per heavy atom. The van der Waals surface area contributed by atoms with Crippen molar-refractivity contribution < 1.29 is 14.4 Å². The van der Waals surface area contributed by atoms with Crippen molar-refractivity contribution >= 4 is 5.91 Å². The molecule has 5 heteroatoms. The van der Waals surface area contributed by atoms with E-state index in [0.29, 0.717) is 30.0 Å². The van der Waals surface area contributed by atoms with Gasteiger partial charge in [-0.05, 0) is 47.9 Å². The standard InChI is InChI=1S/C16H21FN2O2.C2H6/c1-16(2)7-12(8-16)19-4-3-13-11(9-19)5-10(6-14(13)17)15(20)18-21;1-2/h5-6,12,21H,3-4,7-9H2,1-2H3,(H,18,20);1-2H3. The fourth-order valence-electron chi connectivity index (χ4n) is 3.65. The number of hydrogen-bond donors (Lipinski definition) is 2. The third-order valence-corrected chi connectivity index (χ3v) is 4.77. The Morgan fingerprint density at radius 1 is 1.35 bits per heavy atom. The van der Waals surface area contributed by atoms with E-state index in [1.54, 1.807) is 11.5 Å². The van der Waals surface area contributed by atoms with Gasteiger partial charge >= 0.3 is 0 Å². The van der Waals surface area contributed by atoms with E-state index in [1.807, 2.05) is 13.8 Å². The molecule has 1 saturated carbocycles. The summed E-state index contributed by atoms with van der Waals surface area (Å²) in [5.41, 5.74) is 3.72. The molecule has 2 N–H and O–H groups in total. The lowest BCUT2D eigenvalue weighted by molar-refractivity contribution is 0.0172. The molecule has 4 nitrogen and oxygen atoms in total. The second kappa shape index (κ2) is 6.97. The number of hydrogen-bond acceptors (Lipinski definition) is 3. The van der Waals surface area contributed by atoms with Gasteiger partial charge in [0.05, 0.1) is 0 Å². The second-order valence-electron chi connectivity index (χ2n) is 6.98. The first-order valence-electron chi connectivity index (χ1n) is 8.39. The van der Waals surface area contributed by atoms with Gasteiger partial charge in [-0.15, -0.1) is 0 Å². The normalized spacial score (nSPS) is 19.9. The highest BCUT2D eigenvalue weighted by molar-refractivity contribution is 5.93. The molecule has 0 saturated heterocycles. The molecule has 0 bridgehead atoms. The average molecular weight is 322 g/mol. The highest BCUT2D eigenvalue weighted by atomic mass is 19.1. The summed E-state index contributed by atoms with van der Waals surface area (Å²) in [5, 5.41) is 8.70. The molecule has 1 fully saturated rings. The molecular weight excluding hydrogens is 295 g/mol. The van der Waals surface area contributed by atoms with Gasteiger partial charge in [0, 0.05) is 24.7 Å². The Bertz CT molecular complexity index is 579. The highest BCUT2D eigenvalue weighted by Crippen LogP contribution is 2.44. The summed E-state index contributed by atoms with van der Waals surface area (Å²) >= 11 is 0. The molecule has 23 heavy (non-hydrogen) atoms. The Hall–Kier alpha value is -1.46. The van der Waals surface area contributed by atoms with Crippen LogP contribution in [0.15, 0.2) is 12.1 Å². The summed E-state index contributed by atoms with van der Waals surface area (Å²) in [4.78, 5) is 13.9. The smallest absolute Gasteiger partial charge is 0.274 e. The lowest BCUT2D eigenvalue weighted by atomic mass is 9.67. The van der Waals surface area contributed by atoms with E-state index in [9.17, 15) is 9.18 Å². The minimum Gasteiger partial charge on any atom is -0.296 e. The lowest BCUT2D eigenvalue weighted by Crippen LogP contribution is -2.50. The van der Waals surface area contributed by atoms with E-state index in [1.165, 1.54) is 18.9 Å². The number of fused-ring (bicyclic) bond motifs is 1. The summed E-state index contributed by atoms with van der Waals surface area (Å²) in [6, 6.07) is 3.46. The third kappa shape index (κ3) is 3.72. The molecule has 1 aliphatic heterocycles. The molecule has 2 aliphatic rings. The van der Waals surface area contributed by atoms with Gasteiger partial charge in [-0.3, -0.25) is 14.9 Å². The minimum absolute atomic E-state index is 0.171. The van der Waals surface area contributed by atoms with Gasteiger partial charge in [-0.25, -0.2) is 9.87 Å². The quantitative estimate of drug-likeness (QED) is 0.647. The Kier molecular flexibility index (Phi) is 5.42. The summed E-state index contributed by atoms with van der Waals surface area (Å²) < 4.78 is 14.1. The largest absolute Gasteiger partial charge is 0.296 e. The van der Waals surface area contributed by atoms with Gasteiger partial charge in [0.15, 0.2) is 0 Å². The summed E-state index contributed by atoms with van der Waals surface area (Å²) in [5.74, 6) is -1.02. The summed E-state index contributed by atoms with van der Waals surface area (Å²) in [7, 11) is 0. The number of amides is 1. The van der Waals surface area contributed by atoms with E-state index in [-0.39, 0.29) is 11.4 Å². The van der Waals surface area contributed by atoms with Crippen molar-refractivity contribution in [3.05, 3.63) is 34.6 Å². The maximum atomic E-state index is 14.1. The van der Waals surface area contributed by atoms with Crippen molar-refractivity contribution in [2.45, 2.75) is 59.5 Å². The van der Waals surface area contributed by atoms with Crippen LogP contribution in [0.2, 0.25) is 0 Å². The molecule has 0 unspecified atom stereocenters. The molecule has 0 aromatic heterocycles. The zero-order chi connectivity index (χ0) is 17.2.